The Balaban J connectivity index is 1.96. The summed E-state index contributed by atoms with van der Waals surface area (Å²) in [6.45, 7) is 8.23. The number of nitrogens with one attached hydrogen (secondary N) is 3. The van der Waals surface area contributed by atoms with E-state index in [0.29, 0.717) is 17.3 Å². The van der Waals surface area contributed by atoms with Crippen LogP contribution in [0.1, 0.15) is 25.0 Å². The van der Waals surface area contributed by atoms with E-state index < -0.39 is 0 Å². The monoisotopic (exact) mass is 346 g/mol. The lowest BCUT2D eigenvalue weighted by Crippen LogP contribution is -3.10. The van der Waals surface area contributed by atoms with Crippen LogP contribution in [0.3, 0.4) is 0 Å². The van der Waals surface area contributed by atoms with Crippen molar-refractivity contribution in [2.75, 3.05) is 18.4 Å². The van der Waals surface area contributed by atoms with E-state index in [1.54, 1.807) is 18.2 Å². The van der Waals surface area contributed by atoms with Gasteiger partial charge in [-0.05, 0) is 43.8 Å². The minimum Gasteiger partial charge on any atom is -0.358 e. The molecular weight excluding hydrogens is 321 g/mol. The number of rotatable bonds is 7. The van der Waals surface area contributed by atoms with Crippen LogP contribution in [-0.4, -0.2) is 18.2 Å². The van der Waals surface area contributed by atoms with E-state index in [1.165, 1.54) is 22.1 Å². The van der Waals surface area contributed by atoms with Crippen molar-refractivity contribution in [1.29, 1.82) is 0 Å². The van der Waals surface area contributed by atoms with Crippen molar-refractivity contribution < 1.29 is 9.29 Å². The largest absolute Gasteiger partial charge is 0.358 e. The Labute approximate surface area is 148 Å². The average molecular weight is 346 g/mol. The first-order chi connectivity index (χ1) is 11.6. The van der Waals surface area contributed by atoms with Crippen LogP contribution in [0.2, 0.25) is 0 Å². The molecule has 0 unspecified atom stereocenters. The van der Waals surface area contributed by atoms with Gasteiger partial charge in [0, 0.05) is 12.1 Å². The predicted molar refractivity (Wildman–Crippen MR) is 102 cm³/mol. The van der Waals surface area contributed by atoms with E-state index in [2.05, 4.69) is 42.7 Å². The Hall–Kier alpha value is -1.98. The molecule has 2 aromatic carbocycles. The topological polar surface area (TPSA) is 28.5 Å². The summed E-state index contributed by atoms with van der Waals surface area (Å²) in [5, 5.41) is 6.49. The van der Waals surface area contributed by atoms with Crippen LogP contribution >= 0.6 is 12.2 Å². The predicted octanol–water partition coefficient (Wildman–Crippen LogP) is 2.74. The quantitative estimate of drug-likeness (QED) is 0.673. The normalized spacial score (nSPS) is 10.7. The summed E-state index contributed by atoms with van der Waals surface area (Å²) in [5.74, 6) is -0.313. The number of quaternary nitrogens is 1. The first-order valence-corrected chi connectivity index (χ1v) is 8.74. The highest BCUT2D eigenvalue weighted by atomic mass is 32.1. The molecule has 0 aliphatic carbocycles. The molecule has 0 atom stereocenters. The van der Waals surface area contributed by atoms with Crippen LogP contribution in [0.4, 0.5) is 10.1 Å². The van der Waals surface area contributed by atoms with Gasteiger partial charge in [-0.2, -0.15) is 0 Å². The molecule has 0 saturated heterocycles. The van der Waals surface area contributed by atoms with Crippen molar-refractivity contribution >= 4 is 23.0 Å². The first kappa shape index (κ1) is 18.4. The zero-order chi connectivity index (χ0) is 17.4. The van der Waals surface area contributed by atoms with Crippen LogP contribution in [0.15, 0.2) is 48.5 Å². The SMILES string of the molecule is CC[NH+](CC)Cc1ccccc1CNC(=S)Nc1ccccc1F. The van der Waals surface area contributed by atoms with Crippen molar-refractivity contribution in [1.82, 2.24) is 5.32 Å². The molecule has 0 radical (unpaired) electrons. The molecular formula is C19H25FN3S+. The fourth-order valence-corrected chi connectivity index (χ4v) is 2.76. The summed E-state index contributed by atoms with van der Waals surface area (Å²) in [5.41, 5.74) is 2.92. The van der Waals surface area contributed by atoms with Gasteiger partial charge in [-0.3, -0.25) is 0 Å². The molecule has 3 nitrogen and oxygen atoms in total. The maximum atomic E-state index is 13.6. The van der Waals surface area contributed by atoms with E-state index in [4.69, 9.17) is 12.2 Å². The van der Waals surface area contributed by atoms with E-state index in [-0.39, 0.29) is 5.82 Å². The molecule has 0 aliphatic heterocycles. The molecule has 0 spiro atoms. The van der Waals surface area contributed by atoms with Gasteiger partial charge >= 0.3 is 0 Å². The number of halogens is 1. The van der Waals surface area contributed by atoms with Gasteiger partial charge in [-0.15, -0.1) is 0 Å². The number of hydrogen-bond acceptors (Lipinski definition) is 1. The summed E-state index contributed by atoms with van der Waals surface area (Å²) >= 11 is 5.28. The Morgan fingerprint density at radius 2 is 1.62 bits per heavy atom. The standard InChI is InChI=1S/C19H24FN3S/c1-3-23(4-2)14-16-10-6-5-9-15(16)13-21-19(24)22-18-12-8-7-11-17(18)20/h5-12H,3-4,13-14H2,1-2H3,(H2,21,22,24)/p+1. The van der Waals surface area contributed by atoms with Crippen molar-refractivity contribution in [2.24, 2.45) is 0 Å². The molecule has 0 saturated carbocycles. The lowest BCUT2D eigenvalue weighted by atomic mass is 10.1. The van der Waals surface area contributed by atoms with Gasteiger partial charge in [0.25, 0.3) is 0 Å². The molecule has 0 bridgehead atoms. The molecule has 2 aromatic rings. The first-order valence-electron chi connectivity index (χ1n) is 8.33. The smallest absolute Gasteiger partial charge is 0.171 e. The van der Waals surface area contributed by atoms with Crippen molar-refractivity contribution in [3.05, 3.63) is 65.5 Å². The molecule has 0 heterocycles. The molecule has 24 heavy (non-hydrogen) atoms. The fraction of sp³-hybridized carbons (Fsp3) is 0.316. The summed E-state index contributed by atoms with van der Waals surface area (Å²) in [4.78, 5) is 1.54. The van der Waals surface area contributed by atoms with E-state index in [0.717, 1.165) is 19.6 Å². The highest BCUT2D eigenvalue weighted by molar-refractivity contribution is 7.80. The van der Waals surface area contributed by atoms with Gasteiger partial charge in [-0.25, -0.2) is 4.39 Å². The molecule has 0 aromatic heterocycles. The summed E-state index contributed by atoms with van der Waals surface area (Å²) in [7, 11) is 0. The lowest BCUT2D eigenvalue weighted by molar-refractivity contribution is -0.910. The molecule has 3 N–H and O–H groups in total. The second kappa shape index (κ2) is 9.35. The minimum atomic E-state index is -0.313. The van der Waals surface area contributed by atoms with Gasteiger partial charge in [-0.1, -0.05) is 36.4 Å². The second-order valence-corrected chi connectivity index (χ2v) is 6.10. The van der Waals surface area contributed by atoms with Crippen LogP contribution < -0.4 is 15.5 Å². The van der Waals surface area contributed by atoms with E-state index >= 15 is 0 Å². The maximum Gasteiger partial charge on any atom is 0.171 e. The van der Waals surface area contributed by atoms with Crippen LogP contribution in [0.5, 0.6) is 0 Å². The Bertz CT molecular complexity index is 671. The highest BCUT2D eigenvalue weighted by Crippen LogP contribution is 2.12. The molecule has 2 rings (SSSR count). The average Bonchev–Trinajstić information content (AvgIpc) is 2.60. The third-order valence-corrected chi connectivity index (χ3v) is 4.37. The third kappa shape index (κ3) is 5.28. The number of thiocarbonyl (C=S) groups is 1. The second-order valence-electron chi connectivity index (χ2n) is 5.69. The molecule has 5 heteroatoms. The Morgan fingerprint density at radius 1 is 1.00 bits per heavy atom. The zero-order valence-electron chi connectivity index (χ0n) is 14.2. The number of benzene rings is 2. The molecule has 128 valence electrons. The molecule has 0 amide bonds. The summed E-state index contributed by atoms with van der Waals surface area (Å²) in [6, 6.07) is 14.9. The van der Waals surface area contributed by atoms with Gasteiger partial charge in [0.05, 0.1) is 18.8 Å². The number of para-hydroxylation sites is 1. The van der Waals surface area contributed by atoms with Gasteiger partial charge < -0.3 is 15.5 Å². The third-order valence-electron chi connectivity index (χ3n) is 4.12. The molecule has 0 aliphatic rings. The van der Waals surface area contributed by atoms with E-state index in [9.17, 15) is 4.39 Å². The maximum absolute atomic E-state index is 13.6. The highest BCUT2D eigenvalue weighted by Gasteiger charge is 2.09. The van der Waals surface area contributed by atoms with Crippen molar-refractivity contribution in [3.8, 4) is 0 Å². The van der Waals surface area contributed by atoms with Gasteiger partial charge in [0.2, 0.25) is 0 Å². The molecule has 0 fully saturated rings. The Kier molecular flexibility index (Phi) is 7.15. The van der Waals surface area contributed by atoms with E-state index in [1.807, 2.05) is 6.07 Å². The lowest BCUT2D eigenvalue weighted by Gasteiger charge is -2.18. The zero-order valence-corrected chi connectivity index (χ0v) is 15.0. The van der Waals surface area contributed by atoms with Crippen molar-refractivity contribution in [3.63, 3.8) is 0 Å². The van der Waals surface area contributed by atoms with Crippen molar-refractivity contribution in [2.45, 2.75) is 26.9 Å². The van der Waals surface area contributed by atoms with Gasteiger partial charge in [0.15, 0.2) is 5.11 Å². The van der Waals surface area contributed by atoms with Gasteiger partial charge in [0.1, 0.15) is 12.4 Å². The van der Waals surface area contributed by atoms with Crippen LogP contribution in [0, 0.1) is 5.82 Å². The fourth-order valence-electron chi connectivity index (χ4n) is 2.58. The number of hydrogen-bond donors (Lipinski definition) is 3. The summed E-state index contributed by atoms with van der Waals surface area (Å²) in [6.07, 6.45) is 0. The Morgan fingerprint density at radius 3 is 2.29 bits per heavy atom. The number of anilines is 1. The van der Waals surface area contributed by atoms with Crippen LogP contribution in [0.25, 0.3) is 0 Å². The van der Waals surface area contributed by atoms with Crippen LogP contribution in [-0.2, 0) is 13.1 Å². The summed E-state index contributed by atoms with van der Waals surface area (Å²) < 4.78 is 13.6. The minimum absolute atomic E-state index is 0.313.